The van der Waals surface area contributed by atoms with E-state index in [9.17, 15) is 76.7 Å². The predicted molar refractivity (Wildman–Crippen MR) is 470 cm³/mol. The summed E-state index contributed by atoms with van der Waals surface area (Å²) in [5, 5.41) is -2.55. The average Bonchev–Trinajstić information content (AvgIpc) is 1.58. The van der Waals surface area contributed by atoms with Crippen LogP contribution in [-0.4, -0.2) is 36.5 Å². The Morgan fingerprint density at radius 3 is 0.275 bits per heavy atom. The van der Waals surface area contributed by atoms with Gasteiger partial charge in [-0.15, -0.1) is 0 Å². The maximum atomic E-state index is 14.8. The Labute approximate surface area is 685 Å². The molecule has 0 fully saturated rings. The molecule has 0 unspecified atom stereocenters. The fraction of sp³-hybridized carbons (Fsp3) is 0.417. The SMILES string of the molecule is CCC1(CC)C#CC#CC(CC)(CC)n2c(=O)c3cc4c(=O)n(c(=O)c4cc3c2=O)C(CC)(CC)C#CC#CC(CC)(CC)n2c(=O)c3cc4c(=O)n(c(=O)c4cc3c2=O)C(CC)(CC)C#CC#CC(CC)(CC)n2c(=O)c3cc4c(=O)n(c(=O)c4cc3c2=O)C(CC)(CC)C#CC#CC(CC)(CC)n2c(=O)c3cc4c(=O)n1c(=O)c4cc3c2=O. The second-order valence-electron chi connectivity index (χ2n) is 31.2. The van der Waals surface area contributed by atoms with Gasteiger partial charge in [0, 0.05) is 0 Å². The smallest absolute Gasteiger partial charge is 0.262 e. The zero-order valence-electron chi connectivity index (χ0n) is 70.0. The van der Waals surface area contributed by atoms with Crippen molar-refractivity contribution in [1.29, 1.82) is 0 Å². The van der Waals surface area contributed by atoms with Crippen molar-refractivity contribution in [2.24, 2.45) is 0 Å². The summed E-state index contributed by atoms with van der Waals surface area (Å²) in [6.45, 7) is 27.5. The van der Waals surface area contributed by atoms with Gasteiger partial charge in [0.1, 0.15) is 44.3 Å². The van der Waals surface area contributed by atoms with Crippen molar-refractivity contribution in [2.75, 3.05) is 0 Å². The molecule has 24 bridgehead atoms. The molecule has 12 aromatic rings. The van der Waals surface area contributed by atoms with Crippen molar-refractivity contribution >= 4 is 86.2 Å². The van der Waals surface area contributed by atoms with Crippen LogP contribution in [0.25, 0.3) is 86.2 Å². The second-order valence-corrected chi connectivity index (χ2v) is 31.2. The van der Waals surface area contributed by atoms with E-state index in [4.69, 9.17) is 0 Å². The summed E-state index contributed by atoms with van der Waals surface area (Å²) in [7, 11) is 0. The number of hydrogen-bond donors (Lipinski definition) is 0. The molecular formula is C96H88N8O16. The maximum Gasteiger partial charge on any atom is 0.262 e. The summed E-state index contributed by atoms with van der Waals surface area (Å²) < 4.78 is 7.93. The third-order valence-corrected chi connectivity index (χ3v) is 27.0. The van der Waals surface area contributed by atoms with Gasteiger partial charge in [-0.25, -0.2) is 0 Å². The molecule has 0 saturated heterocycles. The summed E-state index contributed by atoms with van der Waals surface area (Å²) >= 11 is 0. The van der Waals surface area contributed by atoms with E-state index < -0.39 is 133 Å². The third-order valence-electron chi connectivity index (χ3n) is 27.0. The topological polar surface area (TPSA) is 313 Å². The number of nitrogens with zero attached hydrogens (tertiary/aromatic N) is 8. The van der Waals surface area contributed by atoms with Crippen molar-refractivity contribution in [3.8, 4) is 94.7 Å². The summed E-state index contributed by atoms with van der Waals surface area (Å²) in [6.07, 6.45) is 1.34. The van der Waals surface area contributed by atoms with Crippen molar-refractivity contribution in [1.82, 2.24) is 36.5 Å². The quantitative estimate of drug-likeness (QED) is 0.0831. The zero-order valence-corrected chi connectivity index (χ0v) is 70.0. The van der Waals surface area contributed by atoms with Gasteiger partial charge in [-0.05, 0) is 199 Å². The van der Waals surface area contributed by atoms with Gasteiger partial charge in [-0.3, -0.25) is 113 Å². The van der Waals surface area contributed by atoms with Gasteiger partial charge in [-0.1, -0.05) is 158 Å². The molecule has 24 heteroatoms. The van der Waals surface area contributed by atoms with E-state index in [1.807, 2.05) is 0 Å². The van der Waals surface area contributed by atoms with Gasteiger partial charge < -0.3 is 0 Å². The highest BCUT2D eigenvalue weighted by Crippen LogP contribution is 2.34. The van der Waals surface area contributed by atoms with E-state index in [0.717, 1.165) is 36.5 Å². The van der Waals surface area contributed by atoms with Crippen LogP contribution in [0.3, 0.4) is 0 Å². The minimum atomic E-state index is -1.53. The lowest BCUT2D eigenvalue weighted by atomic mass is 9.92. The molecule has 0 saturated carbocycles. The molecule has 608 valence electrons. The minimum Gasteiger partial charge on any atom is -0.269 e. The molecular weight excluding hydrogens is 1520 g/mol. The first-order valence-corrected chi connectivity index (χ1v) is 41.2. The minimum absolute atomic E-state index is 0.0835. The van der Waals surface area contributed by atoms with Gasteiger partial charge in [0.2, 0.25) is 0 Å². The van der Waals surface area contributed by atoms with E-state index in [1.54, 1.807) is 111 Å². The number of rotatable bonds is 16. The zero-order chi connectivity index (χ0) is 87.4. The van der Waals surface area contributed by atoms with Crippen LogP contribution in [-0.2, 0) is 44.3 Å². The number of hydrogen-bond acceptors (Lipinski definition) is 16. The molecule has 0 radical (unpaired) electrons. The first-order chi connectivity index (χ1) is 57.2. The highest BCUT2D eigenvalue weighted by atomic mass is 16.2. The van der Waals surface area contributed by atoms with Crippen molar-refractivity contribution < 1.29 is 0 Å². The maximum absolute atomic E-state index is 14.8. The molecule has 7 aliphatic heterocycles. The van der Waals surface area contributed by atoms with Crippen LogP contribution in [0.5, 0.6) is 0 Å². The van der Waals surface area contributed by atoms with Gasteiger partial charge in [-0.2, -0.15) is 0 Å². The van der Waals surface area contributed by atoms with E-state index in [1.165, 1.54) is 48.5 Å². The lowest BCUT2D eigenvalue weighted by Crippen LogP contribution is -2.44. The molecule has 0 aliphatic carbocycles. The summed E-state index contributed by atoms with van der Waals surface area (Å²) in [5.74, 6) is 47.0. The highest BCUT2D eigenvalue weighted by molar-refractivity contribution is 6.01. The molecule has 19 rings (SSSR count). The van der Waals surface area contributed by atoms with Crippen molar-refractivity contribution in [3.05, 3.63) is 214 Å². The van der Waals surface area contributed by atoms with Crippen molar-refractivity contribution in [3.63, 3.8) is 0 Å². The first kappa shape index (κ1) is 84.4. The van der Waals surface area contributed by atoms with E-state index in [-0.39, 0.29) is 189 Å². The van der Waals surface area contributed by atoms with Crippen LogP contribution < -0.4 is 88.9 Å². The Bertz CT molecular complexity index is 6290. The molecule has 0 amide bonds. The van der Waals surface area contributed by atoms with Crippen molar-refractivity contribution in [2.45, 2.75) is 258 Å². The van der Waals surface area contributed by atoms with Gasteiger partial charge in [0.25, 0.3) is 88.9 Å². The molecule has 4 aromatic carbocycles. The summed E-state index contributed by atoms with van der Waals surface area (Å²) in [4.78, 5) is 237. The molecule has 7 aliphatic rings. The Morgan fingerprint density at radius 1 is 0.150 bits per heavy atom. The predicted octanol–water partition coefficient (Wildman–Crippen LogP) is 7.85. The Kier molecular flexibility index (Phi) is 21.4. The second kappa shape index (κ2) is 30.4. The van der Waals surface area contributed by atoms with Crippen LogP contribution in [0.4, 0.5) is 0 Å². The van der Waals surface area contributed by atoms with Gasteiger partial charge >= 0.3 is 0 Å². The van der Waals surface area contributed by atoms with E-state index in [0.29, 0.717) is 0 Å². The standard InChI is InChI=1S/C96H88N8O16/c1-17-89(18-2)41-33-34-42-90(19-3,20-4)98-77(109)61-51-63-64(52-62(61)78(98)110)80(112)100(79(63)111)93(25-9,26-10)45-37-38-46-94(27-11,28-12)102-85(117)69-55-71-72(56-70(69)86(102)118)88(120)104(87(71)119)96(31-15,32-16)48-40-39-47-95(29-13,30-14)103-83(115)67-53-65-66(54-68(67)84(103)116)82(114)101(81(65)113)92(23-7,24-8)44-36-35-43-91(21-5,22-6)99-75(107)59-49-57-58(50-60(59)76(99)108)74(106)97(89)73(57)105/h49-56H,17-32H2,1-16H3. The van der Waals surface area contributed by atoms with Gasteiger partial charge in [0.05, 0.1) is 86.2 Å². The normalized spacial score (nSPS) is 16.3. The lowest BCUT2D eigenvalue weighted by Gasteiger charge is -2.26. The highest BCUT2D eigenvalue weighted by Gasteiger charge is 2.42. The molecule has 0 N–H and O–H groups in total. The number of benzene rings is 4. The summed E-state index contributed by atoms with van der Waals surface area (Å²) in [5.41, 5.74) is -25.0. The number of aromatic nitrogens is 8. The lowest BCUT2D eigenvalue weighted by molar-refractivity contribution is 0.345. The molecule has 120 heavy (non-hydrogen) atoms. The van der Waals surface area contributed by atoms with Crippen LogP contribution in [0.15, 0.2) is 125 Å². The fourth-order valence-electron chi connectivity index (χ4n) is 18.6. The largest absolute Gasteiger partial charge is 0.269 e. The molecule has 15 heterocycles. The summed E-state index contributed by atoms with van der Waals surface area (Å²) in [6, 6.07) is 9.80. The van der Waals surface area contributed by atoms with Crippen LogP contribution in [0.1, 0.15) is 214 Å². The Balaban J connectivity index is 0.997. The molecule has 8 aromatic heterocycles. The van der Waals surface area contributed by atoms with Gasteiger partial charge in [0.15, 0.2) is 0 Å². The molecule has 0 spiro atoms. The van der Waals surface area contributed by atoms with Crippen LogP contribution in [0.2, 0.25) is 0 Å². The fourth-order valence-corrected chi connectivity index (χ4v) is 18.6. The van der Waals surface area contributed by atoms with E-state index >= 15 is 0 Å². The molecule has 24 nitrogen and oxygen atoms in total. The third kappa shape index (κ3) is 11.6. The monoisotopic (exact) mass is 1610 g/mol. The molecule has 0 atom stereocenters. The van der Waals surface area contributed by atoms with Crippen LogP contribution >= 0.6 is 0 Å². The first-order valence-electron chi connectivity index (χ1n) is 41.2. The average molecular weight is 1610 g/mol. The Morgan fingerprint density at radius 2 is 0.217 bits per heavy atom. The van der Waals surface area contributed by atoms with E-state index in [2.05, 4.69) is 94.7 Å². The Hall–Kier alpha value is -13.5. The van der Waals surface area contributed by atoms with Crippen LogP contribution in [0, 0.1) is 94.7 Å².